The number of ether oxygens (including phenoxy) is 3. The zero-order valence-corrected chi connectivity index (χ0v) is 46.3. The van der Waals surface area contributed by atoms with Crippen LogP contribution in [-0.2, 0) is 28.6 Å². The highest BCUT2D eigenvalue weighted by Crippen LogP contribution is 2.18. The van der Waals surface area contributed by atoms with Gasteiger partial charge in [-0.1, -0.05) is 290 Å². The molecule has 0 saturated heterocycles. The predicted octanol–water partition coefficient (Wildman–Crippen LogP) is 18.9. The zero-order chi connectivity index (χ0) is 49.4. The van der Waals surface area contributed by atoms with E-state index in [4.69, 9.17) is 14.2 Å². The first-order chi connectivity index (χ1) is 32.8. The summed E-state index contributed by atoms with van der Waals surface area (Å²) < 4.78 is 16.9. The normalized spacial score (nSPS) is 11.3. The summed E-state index contributed by atoms with van der Waals surface area (Å²) in [5, 5.41) is 0. The molecule has 0 rings (SSSR count). The molecule has 0 fully saturated rings. The minimum atomic E-state index is -0.760. The lowest BCUT2D eigenvalue weighted by Gasteiger charge is -2.18. The summed E-state index contributed by atoms with van der Waals surface area (Å²) in [5.74, 6) is -0.832. The van der Waals surface area contributed by atoms with Gasteiger partial charge in [0.05, 0.1) is 0 Å². The van der Waals surface area contributed by atoms with E-state index >= 15 is 0 Å². The Balaban J connectivity index is 0. The summed E-state index contributed by atoms with van der Waals surface area (Å²) >= 11 is 0. The van der Waals surface area contributed by atoms with Gasteiger partial charge in [-0.15, -0.1) is 0 Å². The van der Waals surface area contributed by atoms with Gasteiger partial charge in [-0.3, -0.25) is 14.4 Å². The summed E-state index contributed by atoms with van der Waals surface area (Å²) in [5.41, 5.74) is 0. The monoisotopic (exact) mass is 950 g/mol. The van der Waals surface area contributed by atoms with Crippen LogP contribution < -0.4 is 0 Å². The Morgan fingerprint density at radius 2 is 0.448 bits per heavy atom. The topological polar surface area (TPSA) is 82.1 Å². The summed E-state index contributed by atoms with van der Waals surface area (Å²) in [7, 11) is 6.00. The molecule has 0 N–H and O–H groups in total. The number of hydrogen-bond acceptors (Lipinski definition) is 7. The Morgan fingerprint density at radius 1 is 0.284 bits per heavy atom. The molecule has 0 amide bonds. The van der Waals surface area contributed by atoms with Crippen molar-refractivity contribution in [3.8, 4) is 0 Å². The quantitative estimate of drug-likeness (QED) is 0.0341. The van der Waals surface area contributed by atoms with E-state index in [9.17, 15) is 14.4 Å². The van der Waals surface area contributed by atoms with Crippen LogP contribution in [0.1, 0.15) is 329 Å². The third kappa shape index (κ3) is 62.4. The lowest BCUT2D eigenvalue weighted by Crippen LogP contribution is -2.30. The molecular weight excluding hydrogens is 831 g/mol. The van der Waals surface area contributed by atoms with Crippen LogP contribution in [0.3, 0.4) is 0 Å². The number of unbranched alkanes of at least 4 members (excludes halogenated alkanes) is 42. The van der Waals surface area contributed by atoms with Crippen molar-refractivity contribution in [2.75, 3.05) is 34.4 Å². The molecule has 0 aromatic carbocycles. The van der Waals surface area contributed by atoms with Crippen molar-refractivity contribution < 1.29 is 28.6 Å². The molecule has 0 atom stereocenters. The first-order valence-electron chi connectivity index (χ1n) is 29.9. The molecule has 0 bridgehead atoms. The van der Waals surface area contributed by atoms with E-state index in [0.717, 1.165) is 57.8 Å². The van der Waals surface area contributed by atoms with Crippen LogP contribution in [0, 0.1) is 0 Å². The van der Waals surface area contributed by atoms with Crippen LogP contribution in [0.15, 0.2) is 0 Å². The first-order valence-corrected chi connectivity index (χ1v) is 29.9. The molecule has 67 heavy (non-hydrogen) atoms. The summed E-state index contributed by atoms with van der Waals surface area (Å²) in [6.45, 7) is 6.71. The molecule has 0 aliphatic rings. The van der Waals surface area contributed by atoms with Crippen LogP contribution in [0.4, 0.5) is 0 Å². The molecule has 0 heterocycles. The van der Waals surface area contributed by atoms with Gasteiger partial charge in [0.15, 0.2) is 6.10 Å². The lowest BCUT2D eigenvalue weighted by atomic mass is 10.0. The van der Waals surface area contributed by atoms with Crippen molar-refractivity contribution in [1.82, 2.24) is 4.90 Å². The van der Waals surface area contributed by atoms with E-state index in [-0.39, 0.29) is 31.1 Å². The Morgan fingerprint density at radius 3 is 0.642 bits per heavy atom. The van der Waals surface area contributed by atoms with E-state index in [2.05, 4.69) is 20.8 Å². The van der Waals surface area contributed by atoms with E-state index in [0.29, 0.717) is 19.3 Å². The number of nitrogens with zero attached hydrogens (tertiary/aromatic N) is 1. The molecular formula is C60H119NO6. The van der Waals surface area contributed by atoms with Crippen LogP contribution in [0.2, 0.25) is 0 Å². The van der Waals surface area contributed by atoms with Gasteiger partial charge in [0.25, 0.3) is 0 Å². The minimum absolute atomic E-state index is 0.0611. The average Bonchev–Trinajstić information content (AvgIpc) is 3.30. The number of hydrogen-bond donors (Lipinski definition) is 0. The fourth-order valence-electron chi connectivity index (χ4n) is 8.80. The van der Waals surface area contributed by atoms with Gasteiger partial charge in [0.2, 0.25) is 0 Å². The highest BCUT2D eigenvalue weighted by molar-refractivity contribution is 5.71. The highest BCUT2D eigenvalue weighted by Gasteiger charge is 2.19. The van der Waals surface area contributed by atoms with E-state index in [1.54, 1.807) is 0 Å². The smallest absolute Gasteiger partial charge is 0.306 e. The van der Waals surface area contributed by atoms with Crippen LogP contribution in [0.25, 0.3) is 0 Å². The van der Waals surface area contributed by atoms with E-state index in [1.165, 1.54) is 231 Å². The SMILES string of the molecule is CCCCCCCCCCCCCCCCCC(=O)OCC(COC(=O)CCCCCCCCCCCCCCCCC)OC(=O)CCCCCCCCCCCCCCCCC.CN(C)C. The maximum Gasteiger partial charge on any atom is 0.306 e. The van der Waals surface area contributed by atoms with Gasteiger partial charge in [0.1, 0.15) is 13.2 Å². The van der Waals surface area contributed by atoms with Crippen molar-refractivity contribution in [2.45, 2.75) is 335 Å². The zero-order valence-electron chi connectivity index (χ0n) is 46.3. The highest BCUT2D eigenvalue weighted by atomic mass is 16.6. The Bertz CT molecular complexity index is 935. The summed E-state index contributed by atoms with van der Waals surface area (Å²) in [6.07, 6.45) is 58.0. The molecule has 7 nitrogen and oxygen atoms in total. The second-order valence-corrected chi connectivity index (χ2v) is 20.9. The number of rotatable bonds is 53. The third-order valence-electron chi connectivity index (χ3n) is 13.1. The van der Waals surface area contributed by atoms with Crippen molar-refractivity contribution in [2.24, 2.45) is 0 Å². The molecule has 7 heteroatoms. The van der Waals surface area contributed by atoms with Crippen molar-refractivity contribution in [3.05, 3.63) is 0 Å². The fraction of sp³-hybridized carbons (Fsp3) is 0.950. The second-order valence-electron chi connectivity index (χ2n) is 20.9. The third-order valence-corrected chi connectivity index (χ3v) is 13.1. The number of esters is 3. The van der Waals surface area contributed by atoms with Crippen molar-refractivity contribution in [1.29, 1.82) is 0 Å². The molecule has 0 radical (unpaired) electrons. The van der Waals surface area contributed by atoms with Gasteiger partial charge in [-0.2, -0.15) is 0 Å². The standard InChI is InChI=1S/C57H110O6.C3H9N/c1-4-7-10-13-16-19-22-25-28-31-34-37-40-43-46-49-55(58)61-52-54(63-57(60)51-48-45-42-39-36-33-30-27-24-21-18-15-12-9-6-3)53-62-56(59)50-47-44-41-38-35-32-29-26-23-20-17-14-11-8-5-2;1-4(2)3/h54H,4-53H2,1-3H3;1-3H3. The Hall–Kier alpha value is -1.63. The van der Waals surface area contributed by atoms with Crippen LogP contribution >= 0.6 is 0 Å². The number of carbonyl (C=O) groups is 3. The molecule has 0 aromatic heterocycles. The molecule has 0 aromatic rings. The number of carbonyl (C=O) groups excluding carboxylic acids is 3. The minimum Gasteiger partial charge on any atom is -0.462 e. The van der Waals surface area contributed by atoms with Gasteiger partial charge < -0.3 is 19.1 Å². The molecule has 0 aliphatic carbocycles. The maximum absolute atomic E-state index is 12.8. The Kier molecular flexibility index (Phi) is 59.1. The lowest BCUT2D eigenvalue weighted by molar-refractivity contribution is -0.167. The van der Waals surface area contributed by atoms with E-state index in [1.807, 2.05) is 26.0 Å². The first kappa shape index (κ1) is 67.4. The average molecular weight is 951 g/mol. The summed E-state index contributed by atoms with van der Waals surface area (Å²) in [4.78, 5) is 40.1. The molecule has 0 saturated carbocycles. The largest absolute Gasteiger partial charge is 0.462 e. The van der Waals surface area contributed by atoms with Gasteiger partial charge in [0, 0.05) is 19.3 Å². The van der Waals surface area contributed by atoms with Crippen LogP contribution in [-0.4, -0.2) is 63.3 Å². The maximum atomic E-state index is 12.8. The molecule has 0 unspecified atom stereocenters. The van der Waals surface area contributed by atoms with Gasteiger partial charge in [-0.25, -0.2) is 0 Å². The van der Waals surface area contributed by atoms with Gasteiger partial charge >= 0.3 is 17.9 Å². The van der Waals surface area contributed by atoms with Crippen molar-refractivity contribution >= 4 is 17.9 Å². The molecule has 0 spiro atoms. The van der Waals surface area contributed by atoms with Crippen LogP contribution in [0.5, 0.6) is 0 Å². The molecule has 0 aliphatic heterocycles. The Labute approximate surface area is 419 Å². The fourth-order valence-corrected chi connectivity index (χ4v) is 8.80. The molecule has 400 valence electrons. The predicted molar refractivity (Wildman–Crippen MR) is 290 cm³/mol. The second kappa shape index (κ2) is 58.7. The summed E-state index contributed by atoms with van der Waals surface area (Å²) in [6, 6.07) is 0. The van der Waals surface area contributed by atoms with E-state index < -0.39 is 6.10 Å². The van der Waals surface area contributed by atoms with Crippen molar-refractivity contribution in [3.63, 3.8) is 0 Å². The van der Waals surface area contributed by atoms with Gasteiger partial charge in [-0.05, 0) is 40.4 Å².